The van der Waals surface area contributed by atoms with Crippen molar-refractivity contribution in [2.24, 2.45) is 0 Å². The van der Waals surface area contributed by atoms with E-state index in [1.54, 1.807) is 48.5 Å². The van der Waals surface area contributed by atoms with Crippen molar-refractivity contribution in [1.29, 1.82) is 0 Å². The van der Waals surface area contributed by atoms with Gasteiger partial charge in [0.2, 0.25) is 0 Å². The van der Waals surface area contributed by atoms with Crippen LogP contribution in [0.25, 0.3) is 10.9 Å². The van der Waals surface area contributed by atoms with E-state index in [4.69, 9.17) is 23.2 Å². The summed E-state index contributed by atoms with van der Waals surface area (Å²) in [6.07, 6.45) is 0. The number of fused-ring (bicyclic) bond motifs is 1. The number of benzene rings is 3. The number of nitrogens with one attached hydrogen (secondary N) is 3. The molecule has 0 spiro atoms. The van der Waals surface area contributed by atoms with Gasteiger partial charge in [0.1, 0.15) is 5.69 Å². The van der Waals surface area contributed by atoms with Gasteiger partial charge in [-0.2, -0.15) is 0 Å². The SMILES string of the molecule is Cc1ccc(NC(=O)c2cc3cc(Cl)ccc3n2NC(=O)C(=O)Nc2cccc(Cl)c2)c(Br)c1. The van der Waals surface area contributed by atoms with E-state index < -0.39 is 17.7 Å². The average Bonchev–Trinajstić information content (AvgIpc) is 3.13. The molecule has 0 saturated heterocycles. The van der Waals surface area contributed by atoms with Crippen molar-refractivity contribution in [3.05, 3.63) is 92.5 Å². The zero-order chi connectivity index (χ0) is 24.4. The lowest BCUT2D eigenvalue weighted by atomic mass is 10.2. The van der Waals surface area contributed by atoms with Crippen LogP contribution in [0, 0.1) is 6.92 Å². The van der Waals surface area contributed by atoms with Crippen molar-refractivity contribution in [1.82, 2.24) is 4.68 Å². The number of amides is 3. The molecule has 172 valence electrons. The van der Waals surface area contributed by atoms with Crippen LogP contribution in [0.2, 0.25) is 10.0 Å². The van der Waals surface area contributed by atoms with Gasteiger partial charge in [-0.25, -0.2) is 4.68 Å². The number of aromatic nitrogens is 1. The summed E-state index contributed by atoms with van der Waals surface area (Å²) in [5.74, 6) is -2.39. The molecule has 0 fully saturated rings. The standard InChI is InChI=1S/C24H17BrCl2N4O3/c1-13-5-7-19(18(25)9-13)29-22(32)21-11-14-10-16(27)6-8-20(14)31(21)30-24(34)23(33)28-17-4-2-3-15(26)12-17/h2-12H,1H3,(H,28,33)(H,29,32)(H,30,34). The number of hydrogen-bond donors (Lipinski definition) is 3. The molecule has 0 radical (unpaired) electrons. The number of carbonyl (C=O) groups is 3. The van der Waals surface area contributed by atoms with Crippen LogP contribution in [0.5, 0.6) is 0 Å². The Labute approximate surface area is 213 Å². The highest BCUT2D eigenvalue weighted by molar-refractivity contribution is 9.10. The minimum Gasteiger partial charge on any atom is -0.320 e. The molecule has 4 aromatic rings. The summed E-state index contributed by atoms with van der Waals surface area (Å²) in [6.45, 7) is 1.93. The van der Waals surface area contributed by atoms with Gasteiger partial charge in [0.15, 0.2) is 0 Å². The summed E-state index contributed by atoms with van der Waals surface area (Å²) in [4.78, 5) is 38.3. The lowest BCUT2D eigenvalue weighted by Gasteiger charge is -2.13. The summed E-state index contributed by atoms with van der Waals surface area (Å²) in [5.41, 5.74) is 5.02. The molecule has 0 aliphatic heterocycles. The lowest BCUT2D eigenvalue weighted by Crippen LogP contribution is -2.36. The quantitative estimate of drug-likeness (QED) is 0.268. The predicted molar refractivity (Wildman–Crippen MR) is 138 cm³/mol. The highest BCUT2D eigenvalue weighted by Gasteiger charge is 2.21. The van der Waals surface area contributed by atoms with E-state index in [0.29, 0.717) is 36.8 Å². The second-order valence-electron chi connectivity index (χ2n) is 7.41. The third kappa shape index (κ3) is 5.25. The highest BCUT2D eigenvalue weighted by atomic mass is 79.9. The number of halogens is 3. The van der Waals surface area contributed by atoms with Crippen LogP contribution in [0.1, 0.15) is 16.1 Å². The third-order valence-corrected chi connectivity index (χ3v) is 6.00. The molecule has 7 nitrogen and oxygen atoms in total. The summed E-state index contributed by atoms with van der Waals surface area (Å²) >= 11 is 15.5. The molecule has 3 amide bonds. The summed E-state index contributed by atoms with van der Waals surface area (Å²) in [6, 6.07) is 18.4. The minimum absolute atomic E-state index is 0.105. The van der Waals surface area contributed by atoms with Gasteiger partial charge >= 0.3 is 11.8 Å². The molecule has 4 rings (SSSR count). The molecule has 0 bridgehead atoms. The van der Waals surface area contributed by atoms with Gasteiger partial charge in [-0.05, 0) is 83.0 Å². The Morgan fingerprint density at radius 3 is 2.35 bits per heavy atom. The second kappa shape index (κ2) is 9.89. The van der Waals surface area contributed by atoms with Crippen molar-refractivity contribution in [3.8, 4) is 0 Å². The van der Waals surface area contributed by atoms with Crippen molar-refractivity contribution in [2.45, 2.75) is 6.92 Å². The van der Waals surface area contributed by atoms with E-state index in [1.807, 2.05) is 19.1 Å². The Hall–Kier alpha value is -3.33. The van der Waals surface area contributed by atoms with Gasteiger partial charge in [-0.1, -0.05) is 35.3 Å². The molecule has 0 atom stereocenters. The molecule has 0 aliphatic rings. The molecule has 3 N–H and O–H groups in total. The molecule has 1 aromatic heterocycles. The van der Waals surface area contributed by atoms with Crippen LogP contribution < -0.4 is 16.1 Å². The first-order valence-corrected chi connectivity index (χ1v) is 11.5. The normalized spacial score (nSPS) is 10.7. The van der Waals surface area contributed by atoms with Gasteiger partial charge in [0.25, 0.3) is 5.91 Å². The van der Waals surface area contributed by atoms with Gasteiger partial charge in [0.05, 0.1) is 11.2 Å². The second-order valence-corrected chi connectivity index (χ2v) is 9.14. The Kier molecular flexibility index (Phi) is 6.92. The average molecular weight is 560 g/mol. The number of nitrogens with zero attached hydrogens (tertiary/aromatic N) is 1. The smallest absolute Gasteiger partial charge is 0.320 e. The van der Waals surface area contributed by atoms with Crippen LogP contribution in [0.4, 0.5) is 11.4 Å². The summed E-state index contributed by atoms with van der Waals surface area (Å²) < 4.78 is 1.96. The molecule has 3 aromatic carbocycles. The largest absolute Gasteiger partial charge is 0.328 e. The Morgan fingerprint density at radius 2 is 1.62 bits per heavy atom. The van der Waals surface area contributed by atoms with Crippen LogP contribution in [-0.2, 0) is 9.59 Å². The number of rotatable bonds is 4. The zero-order valence-corrected chi connectivity index (χ0v) is 20.8. The molecule has 10 heteroatoms. The van der Waals surface area contributed by atoms with Crippen molar-refractivity contribution < 1.29 is 14.4 Å². The third-order valence-electron chi connectivity index (χ3n) is 4.87. The molecule has 0 aliphatic carbocycles. The maximum Gasteiger partial charge on any atom is 0.328 e. The van der Waals surface area contributed by atoms with E-state index in [9.17, 15) is 14.4 Å². The van der Waals surface area contributed by atoms with E-state index in [-0.39, 0.29) is 5.69 Å². The maximum atomic E-state index is 13.2. The highest BCUT2D eigenvalue weighted by Crippen LogP contribution is 2.26. The van der Waals surface area contributed by atoms with Gasteiger partial charge in [-0.15, -0.1) is 0 Å². The molecule has 1 heterocycles. The Bertz CT molecular complexity index is 1450. The Morgan fingerprint density at radius 1 is 0.853 bits per heavy atom. The van der Waals surface area contributed by atoms with Gasteiger partial charge in [0, 0.05) is 25.6 Å². The van der Waals surface area contributed by atoms with Crippen LogP contribution in [0.15, 0.2) is 71.2 Å². The summed E-state index contributed by atoms with van der Waals surface area (Å²) in [7, 11) is 0. The number of hydrogen-bond acceptors (Lipinski definition) is 3. The zero-order valence-electron chi connectivity index (χ0n) is 17.7. The van der Waals surface area contributed by atoms with Gasteiger partial charge < -0.3 is 10.6 Å². The van der Waals surface area contributed by atoms with Crippen molar-refractivity contribution >= 4 is 79.1 Å². The van der Waals surface area contributed by atoms with Crippen molar-refractivity contribution in [2.75, 3.05) is 16.1 Å². The molecule has 34 heavy (non-hydrogen) atoms. The predicted octanol–water partition coefficient (Wildman–Crippen LogP) is 5.98. The van der Waals surface area contributed by atoms with E-state index in [1.165, 1.54) is 10.7 Å². The lowest BCUT2D eigenvalue weighted by molar-refractivity contribution is -0.133. The molecule has 0 unspecified atom stereocenters. The number of aryl methyl sites for hydroxylation is 1. The van der Waals surface area contributed by atoms with Crippen molar-refractivity contribution in [3.63, 3.8) is 0 Å². The van der Waals surface area contributed by atoms with Crippen LogP contribution in [0.3, 0.4) is 0 Å². The Balaban J connectivity index is 1.64. The van der Waals surface area contributed by atoms with Gasteiger partial charge in [-0.3, -0.25) is 19.8 Å². The monoisotopic (exact) mass is 558 g/mol. The number of anilines is 2. The number of carbonyl (C=O) groups excluding carboxylic acids is 3. The topological polar surface area (TPSA) is 92.2 Å². The first-order chi connectivity index (χ1) is 16.2. The van der Waals surface area contributed by atoms with Crippen LogP contribution >= 0.6 is 39.1 Å². The molecular weight excluding hydrogens is 543 g/mol. The maximum absolute atomic E-state index is 13.2. The molecular formula is C24H17BrCl2N4O3. The fourth-order valence-corrected chi connectivity index (χ4v) is 4.25. The first-order valence-electron chi connectivity index (χ1n) is 9.97. The van der Waals surface area contributed by atoms with Crippen LogP contribution in [-0.4, -0.2) is 22.4 Å². The van der Waals surface area contributed by atoms with E-state index >= 15 is 0 Å². The fourth-order valence-electron chi connectivity index (χ4n) is 3.29. The minimum atomic E-state index is -0.974. The fraction of sp³-hybridized carbons (Fsp3) is 0.0417. The van der Waals surface area contributed by atoms with E-state index in [0.717, 1.165) is 5.56 Å². The summed E-state index contributed by atoms with van der Waals surface area (Å²) in [5, 5.41) is 6.77. The molecule has 0 saturated carbocycles. The van der Waals surface area contributed by atoms with E-state index in [2.05, 4.69) is 32.0 Å². The first kappa shape index (κ1) is 23.8.